The quantitative estimate of drug-likeness (QED) is 0.918. The van der Waals surface area contributed by atoms with Gasteiger partial charge in [-0.15, -0.1) is 11.3 Å². The van der Waals surface area contributed by atoms with Crippen molar-refractivity contribution in [3.05, 3.63) is 51.7 Å². The third-order valence-corrected chi connectivity index (χ3v) is 3.70. The van der Waals surface area contributed by atoms with Crippen molar-refractivity contribution in [3.63, 3.8) is 0 Å². The van der Waals surface area contributed by atoms with Crippen LogP contribution in [-0.4, -0.2) is 5.91 Å². The molecule has 1 amide bonds. The molecule has 1 aromatic heterocycles. The summed E-state index contributed by atoms with van der Waals surface area (Å²) < 4.78 is 0. The molecule has 0 radical (unpaired) electrons. The topological polar surface area (TPSA) is 52.9 Å². The first-order valence-corrected chi connectivity index (χ1v) is 7.00. The monoisotopic (exact) mass is 270 g/mol. The smallest absolute Gasteiger partial charge is 0.256 e. The fourth-order valence-corrected chi connectivity index (χ4v) is 2.73. The van der Waals surface area contributed by atoms with E-state index in [2.05, 4.69) is 18.3 Å². The van der Waals surface area contributed by atoms with Crippen LogP contribution in [0.5, 0.6) is 0 Å². The summed E-state index contributed by atoms with van der Waals surface area (Å²) in [6.07, 6.45) is 2.06. The number of hydrogen-bond acceptors (Lipinski definition) is 3. The van der Waals surface area contributed by atoms with Gasteiger partial charge in [0, 0.05) is 10.3 Å². The van der Waals surface area contributed by atoms with Crippen molar-refractivity contribution in [2.75, 3.05) is 5.32 Å². The summed E-state index contributed by atoms with van der Waals surface area (Å²) in [7, 11) is 0. The average Bonchev–Trinajstić information content (AvgIpc) is 2.88. The summed E-state index contributed by atoms with van der Waals surface area (Å²) >= 11 is 1.60. The third kappa shape index (κ3) is 3.21. The van der Waals surface area contributed by atoms with Crippen LogP contribution in [0, 0.1) is 11.3 Å². The van der Waals surface area contributed by atoms with Gasteiger partial charge in [0.05, 0.1) is 16.8 Å². The average molecular weight is 270 g/mol. The van der Waals surface area contributed by atoms with E-state index >= 15 is 0 Å². The Morgan fingerprint density at radius 2 is 2.21 bits per heavy atom. The van der Waals surface area contributed by atoms with Crippen molar-refractivity contribution in [1.82, 2.24) is 0 Å². The summed E-state index contributed by atoms with van der Waals surface area (Å²) in [4.78, 5) is 13.3. The zero-order valence-corrected chi connectivity index (χ0v) is 11.5. The Kier molecular flexibility index (Phi) is 4.32. The molecule has 4 heteroatoms. The molecule has 2 rings (SSSR count). The van der Waals surface area contributed by atoms with Crippen LogP contribution in [0.1, 0.15) is 34.1 Å². The molecule has 1 N–H and O–H groups in total. The molecule has 0 aliphatic heterocycles. The van der Waals surface area contributed by atoms with E-state index in [0.29, 0.717) is 16.8 Å². The van der Waals surface area contributed by atoms with Crippen LogP contribution in [0.4, 0.5) is 5.69 Å². The van der Waals surface area contributed by atoms with Crippen LogP contribution in [0.2, 0.25) is 0 Å². The van der Waals surface area contributed by atoms with Gasteiger partial charge in [-0.2, -0.15) is 5.26 Å². The van der Waals surface area contributed by atoms with Crippen LogP contribution < -0.4 is 5.32 Å². The molecule has 0 atom stereocenters. The summed E-state index contributed by atoms with van der Waals surface area (Å²) in [5.74, 6) is -0.165. The van der Waals surface area contributed by atoms with Gasteiger partial charge in [0.2, 0.25) is 0 Å². The first kappa shape index (κ1) is 13.3. The maximum atomic E-state index is 12.1. The SMILES string of the molecule is CCCc1cc(C(=O)Nc2ccccc2C#N)cs1. The molecule has 1 heterocycles. The first-order chi connectivity index (χ1) is 9.24. The molecule has 0 fully saturated rings. The van der Waals surface area contributed by atoms with E-state index in [1.807, 2.05) is 11.4 Å². The number of thiophene rings is 1. The number of amides is 1. The van der Waals surface area contributed by atoms with Gasteiger partial charge in [0.25, 0.3) is 5.91 Å². The first-order valence-electron chi connectivity index (χ1n) is 6.12. The van der Waals surface area contributed by atoms with Crippen molar-refractivity contribution in [1.29, 1.82) is 5.26 Å². The Morgan fingerprint density at radius 3 is 2.95 bits per heavy atom. The summed E-state index contributed by atoms with van der Waals surface area (Å²) in [5.41, 5.74) is 1.68. The lowest BCUT2D eigenvalue weighted by Crippen LogP contribution is -2.11. The fourth-order valence-electron chi connectivity index (χ4n) is 1.76. The number of benzene rings is 1. The van der Waals surface area contributed by atoms with E-state index in [0.717, 1.165) is 12.8 Å². The molecule has 0 bridgehead atoms. The molecule has 0 saturated heterocycles. The van der Waals surface area contributed by atoms with Crippen LogP contribution in [0.3, 0.4) is 0 Å². The Labute approximate surface area is 116 Å². The van der Waals surface area contributed by atoms with Crippen LogP contribution >= 0.6 is 11.3 Å². The van der Waals surface area contributed by atoms with Gasteiger partial charge in [-0.25, -0.2) is 0 Å². The third-order valence-electron chi connectivity index (χ3n) is 2.71. The second-order valence-corrected chi connectivity index (χ2v) is 5.16. The van der Waals surface area contributed by atoms with E-state index in [9.17, 15) is 4.79 Å². The molecule has 1 aromatic carbocycles. The minimum atomic E-state index is -0.165. The van der Waals surface area contributed by atoms with Gasteiger partial charge in [0.1, 0.15) is 6.07 Å². The Morgan fingerprint density at radius 1 is 1.42 bits per heavy atom. The Hall–Kier alpha value is -2.12. The second kappa shape index (κ2) is 6.17. The number of rotatable bonds is 4. The zero-order chi connectivity index (χ0) is 13.7. The van der Waals surface area contributed by atoms with Crippen LogP contribution in [0.25, 0.3) is 0 Å². The predicted octanol–water partition coefficient (Wildman–Crippen LogP) is 3.82. The standard InChI is InChI=1S/C15H14N2OS/c1-2-5-13-8-12(10-19-13)15(18)17-14-7-4-3-6-11(14)9-16/h3-4,6-8,10H,2,5H2,1H3,(H,17,18). The predicted molar refractivity (Wildman–Crippen MR) is 77.4 cm³/mol. The van der Waals surface area contributed by atoms with Crippen molar-refractivity contribution in [2.45, 2.75) is 19.8 Å². The molecule has 0 spiro atoms. The summed E-state index contributed by atoms with van der Waals surface area (Å²) in [6.45, 7) is 2.11. The Balaban J connectivity index is 2.14. The summed E-state index contributed by atoms with van der Waals surface area (Å²) in [6, 6.07) is 11.0. The molecule has 2 aromatic rings. The molecule has 0 unspecified atom stereocenters. The van der Waals surface area contributed by atoms with Crippen molar-refractivity contribution in [3.8, 4) is 6.07 Å². The number of nitrogens with one attached hydrogen (secondary N) is 1. The summed E-state index contributed by atoms with van der Waals surface area (Å²) in [5, 5.41) is 13.6. The lowest BCUT2D eigenvalue weighted by atomic mass is 10.2. The van der Waals surface area contributed by atoms with Gasteiger partial charge in [-0.05, 0) is 24.6 Å². The maximum absolute atomic E-state index is 12.1. The van der Waals surface area contributed by atoms with Gasteiger partial charge < -0.3 is 5.32 Å². The molecule has 96 valence electrons. The number of anilines is 1. The number of aryl methyl sites for hydroxylation is 1. The molecule has 0 aliphatic rings. The highest BCUT2D eigenvalue weighted by molar-refractivity contribution is 7.10. The minimum Gasteiger partial charge on any atom is -0.321 e. The van der Waals surface area contributed by atoms with E-state index in [-0.39, 0.29) is 5.91 Å². The molecule has 0 aliphatic carbocycles. The minimum absolute atomic E-state index is 0.165. The van der Waals surface area contributed by atoms with Crippen molar-refractivity contribution in [2.24, 2.45) is 0 Å². The van der Waals surface area contributed by atoms with E-state index in [1.165, 1.54) is 4.88 Å². The Bertz CT molecular complexity index is 625. The van der Waals surface area contributed by atoms with Gasteiger partial charge >= 0.3 is 0 Å². The number of carbonyl (C=O) groups excluding carboxylic acids is 1. The maximum Gasteiger partial charge on any atom is 0.256 e. The lowest BCUT2D eigenvalue weighted by molar-refractivity contribution is 0.102. The van der Waals surface area contributed by atoms with Gasteiger partial charge in [0.15, 0.2) is 0 Å². The lowest BCUT2D eigenvalue weighted by Gasteiger charge is -2.05. The normalized spacial score (nSPS) is 9.89. The van der Waals surface area contributed by atoms with E-state index in [4.69, 9.17) is 5.26 Å². The van der Waals surface area contributed by atoms with Crippen molar-refractivity contribution >= 4 is 22.9 Å². The molecular formula is C15H14N2OS. The highest BCUT2D eigenvalue weighted by atomic mass is 32.1. The molecule has 19 heavy (non-hydrogen) atoms. The number of hydrogen-bond donors (Lipinski definition) is 1. The number of para-hydroxylation sites is 1. The van der Waals surface area contributed by atoms with Crippen LogP contribution in [0.15, 0.2) is 35.7 Å². The van der Waals surface area contributed by atoms with Gasteiger partial charge in [-0.3, -0.25) is 4.79 Å². The van der Waals surface area contributed by atoms with Crippen LogP contribution in [-0.2, 0) is 6.42 Å². The number of nitriles is 1. The second-order valence-electron chi connectivity index (χ2n) is 4.16. The highest BCUT2D eigenvalue weighted by Gasteiger charge is 2.10. The van der Waals surface area contributed by atoms with E-state index in [1.54, 1.807) is 35.6 Å². The fraction of sp³-hybridized carbons (Fsp3) is 0.200. The van der Waals surface area contributed by atoms with E-state index < -0.39 is 0 Å². The number of carbonyl (C=O) groups is 1. The molecule has 0 saturated carbocycles. The number of nitrogens with zero attached hydrogens (tertiary/aromatic N) is 1. The largest absolute Gasteiger partial charge is 0.321 e. The molecular weight excluding hydrogens is 256 g/mol. The highest BCUT2D eigenvalue weighted by Crippen LogP contribution is 2.19. The zero-order valence-electron chi connectivity index (χ0n) is 10.6. The van der Waals surface area contributed by atoms with Gasteiger partial charge in [-0.1, -0.05) is 25.5 Å². The molecule has 3 nitrogen and oxygen atoms in total. The van der Waals surface area contributed by atoms with Crippen molar-refractivity contribution < 1.29 is 4.79 Å².